The van der Waals surface area contributed by atoms with E-state index < -0.39 is 6.10 Å². The van der Waals surface area contributed by atoms with E-state index in [1.165, 1.54) is 0 Å². The van der Waals surface area contributed by atoms with E-state index in [0.29, 0.717) is 23.1 Å². The molecule has 1 aliphatic rings. The number of aromatic nitrogens is 4. The topological polar surface area (TPSA) is 78.2 Å². The Labute approximate surface area is 161 Å². The Hall–Kier alpha value is -2.93. The highest BCUT2D eigenvalue weighted by Gasteiger charge is 2.33. The molecule has 0 spiro atoms. The highest BCUT2D eigenvalue weighted by atomic mass is 19.1. The lowest BCUT2D eigenvalue weighted by molar-refractivity contribution is 0.162. The Kier molecular flexibility index (Phi) is 3.87. The molecule has 0 amide bonds. The van der Waals surface area contributed by atoms with E-state index in [0.717, 1.165) is 40.8 Å². The van der Waals surface area contributed by atoms with Crippen molar-refractivity contribution < 1.29 is 9.50 Å². The van der Waals surface area contributed by atoms with Crippen LogP contribution in [0.3, 0.4) is 0 Å². The summed E-state index contributed by atoms with van der Waals surface area (Å²) in [4.78, 5) is 4.46. The van der Waals surface area contributed by atoms with Crippen molar-refractivity contribution in [2.75, 3.05) is 12.4 Å². The van der Waals surface area contributed by atoms with Gasteiger partial charge in [0.1, 0.15) is 17.3 Å². The number of nitrogens with one attached hydrogen (secondary N) is 2. The van der Waals surface area contributed by atoms with Gasteiger partial charge in [0.15, 0.2) is 0 Å². The second kappa shape index (κ2) is 6.31. The Balaban J connectivity index is 1.75. The maximum atomic E-state index is 15.6. The van der Waals surface area contributed by atoms with Gasteiger partial charge in [-0.15, -0.1) is 0 Å². The zero-order valence-corrected chi connectivity index (χ0v) is 15.8. The van der Waals surface area contributed by atoms with Crippen molar-refractivity contribution in [3.8, 4) is 11.1 Å². The highest BCUT2D eigenvalue weighted by molar-refractivity contribution is 5.98. The van der Waals surface area contributed by atoms with Crippen LogP contribution in [0.1, 0.15) is 36.3 Å². The molecule has 4 aromatic rings. The number of hydrogen-bond acceptors (Lipinski definition) is 4. The fourth-order valence-electron chi connectivity index (χ4n) is 4.56. The first kappa shape index (κ1) is 17.2. The number of aliphatic hydroxyl groups excluding tert-OH is 1. The summed E-state index contributed by atoms with van der Waals surface area (Å²) in [6.45, 7) is 1.80. The maximum absolute atomic E-state index is 15.6. The number of imidazole rings is 1. The van der Waals surface area contributed by atoms with Crippen LogP contribution in [0, 0.1) is 12.7 Å². The minimum atomic E-state index is -0.506. The number of H-pyrrole nitrogens is 1. The molecule has 144 valence electrons. The molecular formula is C21H22FN5O. The lowest BCUT2D eigenvalue weighted by Gasteiger charge is -2.20. The smallest absolute Gasteiger partial charge is 0.145 e. The van der Waals surface area contributed by atoms with Crippen molar-refractivity contribution >= 4 is 22.4 Å². The number of rotatable bonds is 3. The number of benzene rings is 1. The molecule has 2 atom stereocenters. The van der Waals surface area contributed by atoms with Crippen molar-refractivity contribution in [3.63, 3.8) is 0 Å². The molecule has 7 heteroatoms. The molecule has 0 aliphatic heterocycles. The highest BCUT2D eigenvalue weighted by Crippen LogP contribution is 2.43. The van der Waals surface area contributed by atoms with Gasteiger partial charge >= 0.3 is 0 Å². The first-order valence-electron chi connectivity index (χ1n) is 9.58. The predicted octanol–water partition coefficient (Wildman–Crippen LogP) is 4.00. The Morgan fingerprint density at radius 1 is 1.29 bits per heavy atom. The number of aliphatic hydroxyl groups is 1. The van der Waals surface area contributed by atoms with Crippen molar-refractivity contribution in [2.45, 2.75) is 38.2 Å². The van der Waals surface area contributed by atoms with Crippen molar-refractivity contribution in [3.05, 3.63) is 47.7 Å². The van der Waals surface area contributed by atoms with Crippen LogP contribution in [0.15, 0.2) is 30.7 Å². The van der Waals surface area contributed by atoms with Gasteiger partial charge in [-0.25, -0.2) is 9.37 Å². The summed E-state index contributed by atoms with van der Waals surface area (Å²) in [6, 6.07) is 3.88. The summed E-state index contributed by atoms with van der Waals surface area (Å²) in [5.41, 5.74) is 4.37. The monoisotopic (exact) mass is 379 g/mol. The quantitative estimate of drug-likeness (QED) is 0.503. The molecule has 0 bridgehead atoms. The zero-order chi connectivity index (χ0) is 19.4. The van der Waals surface area contributed by atoms with E-state index in [1.807, 2.05) is 36.0 Å². The SMILES string of the molecule is CNc1cn2cc(-c3c(C)c(F)c(C4CCCC4O)c4[nH]ncc34)ccc2n1. The molecule has 6 nitrogen and oxygen atoms in total. The predicted molar refractivity (Wildman–Crippen MR) is 107 cm³/mol. The normalized spacial score (nSPS) is 19.7. The van der Waals surface area contributed by atoms with Crippen LogP contribution < -0.4 is 5.32 Å². The van der Waals surface area contributed by atoms with Crippen LogP contribution in [0.25, 0.3) is 27.7 Å². The van der Waals surface area contributed by atoms with E-state index in [9.17, 15) is 5.11 Å². The zero-order valence-electron chi connectivity index (χ0n) is 15.8. The van der Waals surface area contributed by atoms with Crippen LogP contribution in [-0.2, 0) is 0 Å². The summed E-state index contributed by atoms with van der Waals surface area (Å²) in [6.07, 6.45) is 7.52. The summed E-state index contributed by atoms with van der Waals surface area (Å²) < 4.78 is 17.5. The van der Waals surface area contributed by atoms with Gasteiger partial charge < -0.3 is 14.8 Å². The third kappa shape index (κ3) is 2.43. The van der Waals surface area contributed by atoms with E-state index in [2.05, 4.69) is 20.5 Å². The standard InChI is InChI=1S/C21H22FN5O/c1-11-18(12-6-7-17-25-16(23-2)10-27(17)9-12)14-8-24-26-21(14)19(20(11)22)13-4-3-5-15(13)28/h6-10,13,15,23,28H,3-5H2,1-2H3,(H,24,26). The third-order valence-electron chi connectivity index (χ3n) is 5.96. The number of halogens is 1. The average Bonchev–Trinajstić information content (AvgIpc) is 3.42. The van der Waals surface area contributed by atoms with Gasteiger partial charge in [-0.2, -0.15) is 5.10 Å². The molecule has 0 radical (unpaired) electrons. The second-order valence-electron chi connectivity index (χ2n) is 7.55. The maximum Gasteiger partial charge on any atom is 0.145 e. The number of aromatic amines is 1. The Bertz CT molecular complexity index is 1190. The van der Waals surface area contributed by atoms with E-state index in [1.54, 1.807) is 13.1 Å². The number of hydrogen-bond donors (Lipinski definition) is 3. The first-order chi connectivity index (χ1) is 13.6. The van der Waals surface area contributed by atoms with Gasteiger partial charge in [-0.1, -0.05) is 6.42 Å². The number of nitrogens with zero attached hydrogens (tertiary/aromatic N) is 3. The van der Waals surface area contributed by atoms with Crippen LogP contribution >= 0.6 is 0 Å². The Morgan fingerprint density at radius 3 is 2.89 bits per heavy atom. The Morgan fingerprint density at radius 2 is 2.14 bits per heavy atom. The number of fused-ring (bicyclic) bond motifs is 2. The van der Waals surface area contributed by atoms with Crippen LogP contribution in [-0.4, -0.2) is 37.8 Å². The fourth-order valence-corrected chi connectivity index (χ4v) is 4.56. The summed E-state index contributed by atoms with van der Waals surface area (Å²) in [7, 11) is 1.83. The molecule has 0 saturated heterocycles. The molecule has 1 aromatic carbocycles. The molecule has 1 fully saturated rings. The van der Waals surface area contributed by atoms with Crippen molar-refractivity contribution in [2.24, 2.45) is 0 Å². The lowest BCUT2D eigenvalue weighted by Crippen LogP contribution is -2.14. The van der Waals surface area contributed by atoms with Crippen LogP contribution in [0.5, 0.6) is 0 Å². The molecular weight excluding hydrogens is 357 g/mol. The largest absolute Gasteiger partial charge is 0.392 e. The van der Waals surface area contributed by atoms with Crippen LogP contribution in [0.4, 0.5) is 10.2 Å². The second-order valence-corrected chi connectivity index (χ2v) is 7.55. The van der Waals surface area contributed by atoms with E-state index in [4.69, 9.17) is 0 Å². The first-order valence-corrected chi connectivity index (χ1v) is 9.58. The van der Waals surface area contributed by atoms with Gasteiger partial charge in [-0.3, -0.25) is 5.10 Å². The van der Waals surface area contributed by atoms with Gasteiger partial charge in [-0.05, 0) is 48.6 Å². The van der Waals surface area contributed by atoms with Gasteiger partial charge in [0.2, 0.25) is 0 Å². The van der Waals surface area contributed by atoms with E-state index in [-0.39, 0.29) is 11.7 Å². The molecule has 28 heavy (non-hydrogen) atoms. The van der Waals surface area contributed by atoms with Crippen molar-refractivity contribution in [1.29, 1.82) is 0 Å². The minimum absolute atomic E-state index is 0.190. The fraction of sp³-hybridized carbons (Fsp3) is 0.333. The molecule has 3 heterocycles. The van der Waals surface area contributed by atoms with Gasteiger partial charge in [0, 0.05) is 30.1 Å². The summed E-state index contributed by atoms with van der Waals surface area (Å²) >= 11 is 0. The van der Waals surface area contributed by atoms with E-state index >= 15 is 4.39 Å². The molecule has 2 unspecified atom stereocenters. The van der Waals surface area contributed by atoms with Gasteiger partial charge in [0.05, 0.1) is 24.0 Å². The van der Waals surface area contributed by atoms with Gasteiger partial charge in [0.25, 0.3) is 0 Å². The molecule has 1 aliphatic carbocycles. The number of anilines is 1. The summed E-state index contributed by atoms with van der Waals surface area (Å²) in [5, 5.41) is 21.5. The summed E-state index contributed by atoms with van der Waals surface area (Å²) in [5.74, 6) is 0.337. The minimum Gasteiger partial charge on any atom is -0.392 e. The number of pyridine rings is 1. The van der Waals surface area contributed by atoms with Crippen LogP contribution in [0.2, 0.25) is 0 Å². The molecule has 3 aromatic heterocycles. The van der Waals surface area contributed by atoms with Crippen molar-refractivity contribution in [1.82, 2.24) is 19.6 Å². The molecule has 3 N–H and O–H groups in total. The third-order valence-corrected chi connectivity index (χ3v) is 5.96. The average molecular weight is 379 g/mol. The molecule has 5 rings (SSSR count). The molecule has 1 saturated carbocycles. The lowest BCUT2D eigenvalue weighted by atomic mass is 9.87.